The van der Waals surface area contributed by atoms with Crippen LogP contribution in [0, 0.1) is 35.1 Å². The van der Waals surface area contributed by atoms with Crippen molar-refractivity contribution in [3.8, 4) is 11.5 Å². The highest BCUT2D eigenvalue weighted by molar-refractivity contribution is 9.10. The van der Waals surface area contributed by atoms with Crippen molar-refractivity contribution in [1.29, 1.82) is 0 Å². The smallest absolute Gasteiger partial charge is 0.426 e. The van der Waals surface area contributed by atoms with E-state index in [-0.39, 0.29) is 74.7 Å². The highest BCUT2D eigenvalue weighted by atomic mass is 79.9. The van der Waals surface area contributed by atoms with Crippen LogP contribution in [0.15, 0.2) is 118 Å². The van der Waals surface area contributed by atoms with Gasteiger partial charge in [-0.1, -0.05) is 44.0 Å². The van der Waals surface area contributed by atoms with Gasteiger partial charge in [0.05, 0.1) is 22.5 Å². The maximum atomic E-state index is 15.8. The number of hydrogen-bond acceptors (Lipinski definition) is 7. The second kappa shape index (κ2) is 27.8. The SMILES string of the molecule is CC(F)(c1cc(Br)c(CC(=O)c2cccc(N(CC3CC3)C(=O)c3ccc(F)cc3)c2F)c(OC(F)F)c1)C(F)(F)F.CC(F)(c1cc(Br)c(CC(=O)c2cccc(NCC3CC3)c2F)c(OC(F)F)c1)C(F)(F)F.O=C(Cl)c1ccc(F)cc1. The Bertz CT molecular complexity index is 3390. The number of amides is 1. The lowest BCUT2D eigenvalue weighted by Gasteiger charge is -2.26. The number of Topliss-reactive ketones (excluding diaryl/α,β-unsaturated/α-hetero) is 2. The topological polar surface area (TPSA) is 102 Å². The van der Waals surface area contributed by atoms with Crippen molar-refractivity contribution in [3.63, 3.8) is 0 Å². The predicted molar refractivity (Wildman–Crippen MR) is 288 cm³/mol. The van der Waals surface area contributed by atoms with Crippen molar-refractivity contribution in [2.75, 3.05) is 23.3 Å². The summed E-state index contributed by atoms with van der Waals surface area (Å²) in [5.41, 5.74) is -11.1. The van der Waals surface area contributed by atoms with Gasteiger partial charge >= 0.3 is 25.6 Å². The van der Waals surface area contributed by atoms with Gasteiger partial charge in [0.1, 0.15) is 23.1 Å². The lowest BCUT2D eigenvalue weighted by Crippen LogP contribution is -2.35. The van der Waals surface area contributed by atoms with Gasteiger partial charge in [-0.05, 0) is 160 Å². The fourth-order valence-electron chi connectivity index (χ4n) is 7.93. The molecule has 0 spiro atoms. The number of carbonyl (C=O) groups is 4. The highest BCUT2D eigenvalue weighted by Gasteiger charge is 2.55. The molecule has 2 aliphatic rings. The Morgan fingerprint density at radius 2 is 1.00 bits per heavy atom. The van der Waals surface area contributed by atoms with Gasteiger partial charge in [-0.2, -0.15) is 43.9 Å². The quantitative estimate of drug-likeness (QED) is 0.0461. The third-order valence-electron chi connectivity index (χ3n) is 13.3. The average molecular weight is 1370 g/mol. The number of alkyl halides is 12. The first-order valence-corrected chi connectivity index (χ1v) is 27.0. The molecule has 2 fully saturated rings. The zero-order chi connectivity index (χ0) is 63.1. The molecule has 2 aliphatic carbocycles. The largest absolute Gasteiger partial charge is 0.434 e. The van der Waals surface area contributed by atoms with Crippen LogP contribution in [-0.4, -0.2) is 61.4 Å². The van der Waals surface area contributed by atoms with Crippen LogP contribution >= 0.6 is 43.5 Å². The number of nitrogens with one attached hydrogen (secondary N) is 1. The van der Waals surface area contributed by atoms with Gasteiger partial charge < -0.3 is 19.7 Å². The van der Waals surface area contributed by atoms with Crippen LogP contribution in [0.5, 0.6) is 11.5 Å². The molecule has 85 heavy (non-hydrogen) atoms. The van der Waals surface area contributed by atoms with E-state index < -0.39 is 118 Å². The minimum Gasteiger partial charge on any atom is -0.434 e. The van der Waals surface area contributed by atoms with E-state index in [9.17, 15) is 85.0 Å². The Kier molecular flexibility index (Phi) is 22.1. The van der Waals surface area contributed by atoms with Gasteiger partial charge in [0.15, 0.2) is 23.2 Å². The average Bonchev–Trinajstić information content (AvgIpc) is 2.63. The number of ketones is 2. The second-order valence-electron chi connectivity index (χ2n) is 19.6. The van der Waals surface area contributed by atoms with E-state index >= 15 is 4.39 Å². The van der Waals surface area contributed by atoms with Crippen LogP contribution in [0.1, 0.15) is 103 Å². The molecule has 0 saturated heterocycles. The third-order valence-corrected chi connectivity index (χ3v) is 14.9. The summed E-state index contributed by atoms with van der Waals surface area (Å²) in [5, 5.41) is 2.34. The number of hydrogen-bond donors (Lipinski definition) is 1. The van der Waals surface area contributed by atoms with Gasteiger partial charge in [-0.15, -0.1) is 0 Å². The number of nitrogens with zero attached hydrogens (tertiary/aromatic N) is 1. The highest BCUT2D eigenvalue weighted by Crippen LogP contribution is 2.47. The molecule has 8 nitrogen and oxygen atoms in total. The van der Waals surface area contributed by atoms with E-state index in [0.717, 1.165) is 54.8 Å². The number of benzene rings is 6. The lowest BCUT2D eigenvalue weighted by atomic mass is 9.93. The van der Waals surface area contributed by atoms with Crippen LogP contribution in [-0.2, 0) is 24.2 Å². The molecule has 0 aromatic heterocycles. The lowest BCUT2D eigenvalue weighted by molar-refractivity contribution is -0.229. The first kappa shape index (κ1) is 67.5. The summed E-state index contributed by atoms with van der Waals surface area (Å²) in [6.45, 7) is -5.90. The van der Waals surface area contributed by atoms with Crippen LogP contribution in [0.25, 0.3) is 0 Å². The van der Waals surface area contributed by atoms with Gasteiger partial charge in [-0.3, -0.25) is 19.2 Å². The van der Waals surface area contributed by atoms with E-state index in [1.165, 1.54) is 66.7 Å². The molecule has 6 aromatic rings. The molecule has 0 radical (unpaired) electrons. The van der Waals surface area contributed by atoms with Crippen LogP contribution < -0.4 is 19.7 Å². The monoisotopic (exact) mass is 1360 g/mol. The summed E-state index contributed by atoms with van der Waals surface area (Å²) in [6.07, 6.45) is -8.61. The molecule has 1 N–H and O–H groups in total. The van der Waals surface area contributed by atoms with Crippen molar-refractivity contribution >= 4 is 77.6 Å². The molecule has 1 amide bonds. The summed E-state index contributed by atoms with van der Waals surface area (Å²) in [7, 11) is 0. The van der Waals surface area contributed by atoms with Crippen LogP contribution in [0.2, 0.25) is 0 Å². The maximum absolute atomic E-state index is 15.8. The first-order chi connectivity index (χ1) is 39.6. The molecule has 2 unspecified atom stereocenters. The number of ether oxygens (including phenoxy) is 2. The van der Waals surface area contributed by atoms with Crippen LogP contribution in [0.4, 0.5) is 81.6 Å². The van der Waals surface area contributed by atoms with E-state index in [0.29, 0.717) is 36.2 Å². The summed E-state index contributed by atoms with van der Waals surface area (Å²) < 4.78 is 225. The van der Waals surface area contributed by atoms with Crippen molar-refractivity contribution in [2.24, 2.45) is 11.8 Å². The van der Waals surface area contributed by atoms with Crippen molar-refractivity contribution < 1.29 is 98.9 Å². The zero-order valence-corrected chi connectivity index (χ0v) is 47.9. The standard InChI is InChI=1S/C29H22BrF8NO3.C22H19BrF7NO2.C7H4ClFO/c1-28(35,29(36,37)38)17-11-21(30)20(24(12-17)42-27(33)34)13-23(40)19-3-2-4-22(25(19)32)39(14-15-5-6-15)26(41)16-7-9-18(31)10-8-16;1-21(27,22(28,29)30)12-7-15(23)14(18(8-12)33-20(25)26)9-17(32)13-3-2-4-16(19(13)24)31-10-11-5-6-11;8-7(10)5-1-3-6(9)4-2-5/h2-4,7-12,15,27H,5-6,13-14H2,1H3;2-4,7-8,11,20,31H,5-6,9-10H2,1H3;1-4H. The van der Waals surface area contributed by atoms with Crippen molar-refractivity contribution in [1.82, 2.24) is 0 Å². The molecule has 0 aliphatic heterocycles. The summed E-state index contributed by atoms with van der Waals surface area (Å²) in [4.78, 5) is 50.8. The van der Waals surface area contributed by atoms with E-state index in [1.54, 1.807) is 0 Å². The molecule has 456 valence electrons. The molecule has 27 heteroatoms. The molecule has 8 rings (SSSR count). The molecule has 0 heterocycles. The molecule has 0 bridgehead atoms. The Morgan fingerprint density at radius 3 is 1.40 bits per heavy atom. The zero-order valence-electron chi connectivity index (χ0n) is 43.9. The van der Waals surface area contributed by atoms with E-state index in [4.69, 9.17) is 11.6 Å². The van der Waals surface area contributed by atoms with E-state index in [2.05, 4.69) is 46.7 Å². The number of anilines is 2. The minimum absolute atomic E-state index is 0.0738. The number of rotatable bonds is 20. The normalized spacial score (nSPS) is 14.7. The number of carbonyl (C=O) groups excluding carboxylic acids is 4. The predicted octanol–water partition coefficient (Wildman–Crippen LogP) is 17.9. The summed E-state index contributed by atoms with van der Waals surface area (Å²) >= 11 is 10.9. The Hall–Kier alpha value is -6.67. The minimum atomic E-state index is -5.40. The van der Waals surface area contributed by atoms with Crippen molar-refractivity contribution in [2.45, 2.75) is 89.3 Å². The van der Waals surface area contributed by atoms with E-state index in [1.807, 2.05) is 0 Å². The molecule has 6 aromatic carbocycles. The van der Waals surface area contributed by atoms with Crippen molar-refractivity contribution in [3.05, 3.63) is 186 Å². The molecule has 2 atom stereocenters. The maximum Gasteiger partial charge on any atom is 0.426 e. The fourth-order valence-corrected chi connectivity index (χ4v) is 9.22. The number of halogens is 19. The Morgan fingerprint density at radius 1 is 0.588 bits per heavy atom. The Balaban J connectivity index is 0.000000238. The summed E-state index contributed by atoms with van der Waals surface area (Å²) in [5.74, 6) is -6.56. The van der Waals surface area contributed by atoms with Gasteiger partial charge in [0.2, 0.25) is 11.3 Å². The van der Waals surface area contributed by atoms with Crippen LogP contribution in [0.3, 0.4) is 0 Å². The molecular weight excluding hydrogens is 1320 g/mol. The van der Waals surface area contributed by atoms with Gasteiger partial charge in [-0.25, -0.2) is 26.3 Å². The molecular formula is C58H45Br2ClF16N2O6. The van der Waals surface area contributed by atoms with Gasteiger partial charge in [0, 0.05) is 68.3 Å². The second-order valence-corrected chi connectivity index (χ2v) is 21.7. The molecule has 2 saturated carbocycles. The fraction of sp³-hybridized carbons (Fsp3) is 0.310. The Labute approximate surface area is 496 Å². The third kappa shape index (κ3) is 17.5. The first-order valence-electron chi connectivity index (χ1n) is 25.1. The van der Waals surface area contributed by atoms with Gasteiger partial charge in [0.25, 0.3) is 11.1 Å². The summed E-state index contributed by atoms with van der Waals surface area (Å²) in [6, 6.07) is 19.7.